The van der Waals surface area contributed by atoms with Crippen LogP contribution in [0.2, 0.25) is 0 Å². The fraction of sp³-hybridized carbons (Fsp3) is 0.444. The van der Waals surface area contributed by atoms with Gasteiger partial charge < -0.3 is 9.80 Å². The minimum absolute atomic E-state index is 0.680. The van der Waals surface area contributed by atoms with Crippen molar-refractivity contribution in [2.45, 2.75) is 26.7 Å². The van der Waals surface area contributed by atoms with Gasteiger partial charge in [0.2, 0.25) is 0 Å². The van der Waals surface area contributed by atoms with Crippen LogP contribution in [0.1, 0.15) is 24.6 Å². The van der Waals surface area contributed by atoms with Gasteiger partial charge in [0.25, 0.3) is 5.78 Å². The molecular formula is C18H23N7. The second-order valence-electron chi connectivity index (χ2n) is 6.38. The molecule has 130 valence electrons. The fourth-order valence-corrected chi connectivity index (χ4v) is 3.52. The lowest BCUT2D eigenvalue weighted by atomic mass is 10.1. The van der Waals surface area contributed by atoms with E-state index < -0.39 is 0 Å². The molecule has 4 rings (SSSR count). The summed E-state index contributed by atoms with van der Waals surface area (Å²) in [6, 6.07) is 6.07. The van der Waals surface area contributed by atoms with Crippen molar-refractivity contribution >= 4 is 17.4 Å². The first-order chi connectivity index (χ1) is 12.3. The zero-order valence-corrected chi connectivity index (χ0v) is 14.8. The van der Waals surface area contributed by atoms with Crippen LogP contribution in [0.4, 0.5) is 11.6 Å². The van der Waals surface area contributed by atoms with Gasteiger partial charge in [-0.15, -0.1) is 0 Å². The number of nitrogens with zero attached hydrogens (tertiary/aromatic N) is 7. The molecule has 0 spiro atoms. The Balaban J connectivity index is 1.64. The van der Waals surface area contributed by atoms with Crippen molar-refractivity contribution in [3.8, 4) is 0 Å². The summed E-state index contributed by atoms with van der Waals surface area (Å²) < 4.78 is 1.90. The van der Waals surface area contributed by atoms with Crippen LogP contribution in [0.25, 0.3) is 5.78 Å². The average Bonchev–Trinajstić information content (AvgIpc) is 3.11. The monoisotopic (exact) mass is 337 g/mol. The van der Waals surface area contributed by atoms with E-state index in [0.29, 0.717) is 5.78 Å². The Bertz CT molecular complexity index is 850. The molecule has 0 amide bonds. The van der Waals surface area contributed by atoms with Gasteiger partial charge in [0.1, 0.15) is 18.0 Å². The van der Waals surface area contributed by atoms with Crippen molar-refractivity contribution in [1.82, 2.24) is 24.6 Å². The molecule has 1 saturated heterocycles. The fourth-order valence-electron chi connectivity index (χ4n) is 3.52. The van der Waals surface area contributed by atoms with Gasteiger partial charge in [0, 0.05) is 43.6 Å². The summed E-state index contributed by atoms with van der Waals surface area (Å²) >= 11 is 0. The van der Waals surface area contributed by atoms with Crippen molar-refractivity contribution in [2.24, 2.45) is 0 Å². The lowest BCUT2D eigenvalue weighted by Gasteiger charge is -2.37. The van der Waals surface area contributed by atoms with Crippen LogP contribution in [0.5, 0.6) is 0 Å². The highest BCUT2D eigenvalue weighted by Crippen LogP contribution is 2.26. The molecule has 4 heterocycles. The van der Waals surface area contributed by atoms with Crippen LogP contribution in [-0.2, 0) is 6.42 Å². The number of piperazine rings is 1. The summed E-state index contributed by atoms with van der Waals surface area (Å²) in [5.74, 6) is 2.88. The largest absolute Gasteiger partial charge is 0.353 e. The number of aryl methyl sites for hydroxylation is 1. The molecule has 0 unspecified atom stereocenters. The summed E-state index contributed by atoms with van der Waals surface area (Å²) in [7, 11) is 0. The molecule has 3 aromatic heterocycles. The molecule has 7 nitrogen and oxygen atoms in total. The van der Waals surface area contributed by atoms with Crippen LogP contribution in [-0.4, -0.2) is 50.7 Å². The molecule has 1 aliphatic rings. The van der Waals surface area contributed by atoms with Gasteiger partial charge in [-0.2, -0.15) is 14.6 Å². The molecule has 25 heavy (non-hydrogen) atoms. The van der Waals surface area contributed by atoms with E-state index >= 15 is 0 Å². The third-order valence-electron chi connectivity index (χ3n) is 4.76. The van der Waals surface area contributed by atoms with Crippen molar-refractivity contribution < 1.29 is 0 Å². The predicted octanol–water partition coefficient (Wildman–Crippen LogP) is 2.11. The Morgan fingerprint density at radius 3 is 2.56 bits per heavy atom. The highest BCUT2D eigenvalue weighted by molar-refractivity contribution is 5.56. The standard InChI is InChI=1S/C18H23N7/c1-3-6-15-14(2)22-18-20-13-21-25(18)17(15)24-11-9-23(10-12-24)16-7-4-5-8-19-16/h4-5,7-8,13H,3,6,9-12H2,1-2H3. The molecule has 1 fully saturated rings. The van der Waals surface area contributed by atoms with Crippen LogP contribution in [0.3, 0.4) is 0 Å². The first-order valence-corrected chi connectivity index (χ1v) is 8.88. The zero-order valence-electron chi connectivity index (χ0n) is 14.8. The second kappa shape index (κ2) is 6.66. The third-order valence-corrected chi connectivity index (χ3v) is 4.76. The van der Waals surface area contributed by atoms with Crippen LogP contribution >= 0.6 is 0 Å². The predicted molar refractivity (Wildman–Crippen MR) is 98.2 cm³/mol. The van der Waals surface area contributed by atoms with Gasteiger partial charge in [-0.05, 0) is 25.5 Å². The molecule has 7 heteroatoms. The van der Waals surface area contributed by atoms with E-state index in [-0.39, 0.29) is 0 Å². The van der Waals surface area contributed by atoms with E-state index in [2.05, 4.69) is 49.8 Å². The SMILES string of the molecule is CCCc1c(C)nc2ncnn2c1N1CCN(c2ccccn2)CC1. The summed E-state index contributed by atoms with van der Waals surface area (Å²) in [4.78, 5) is 18.1. The van der Waals surface area contributed by atoms with E-state index in [1.54, 1.807) is 6.33 Å². The number of hydrogen-bond acceptors (Lipinski definition) is 6. The smallest absolute Gasteiger partial charge is 0.254 e. The van der Waals surface area contributed by atoms with Crippen molar-refractivity contribution in [3.63, 3.8) is 0 Å². The Kier molecular flexibility index (Phi) is 4.21. The number of hydrogen-bond donors (Lipinski definition) is 0. The lowest BCUT2D eigenvalue weighted by Crippen LogP contribution is -2.47. The van der Waals surface area contributed by atoms with Gasteiger partial charge in [0.15, 0.2) is 0 Å². The Morgan fingerprint density at radius 2 is 1.84 bits per heavy atom. The number of anilines is 2. The summed E-state index contributed by atoms with van der Waals surface area (Å²) in [5.41, 5.74) is 2.34. The Labute approximate surface area is 147 Å². The van der Waals surface area contributed by atoms with Gasteiger partial charge in [0.05, 0.1) is 0 Å². The van der Waals surface area contributed by atoms with Crippen LogP contribution in [0.15, 0.2) is 30.7 Å². The van der Waals surface area contributed by atoms with E-state index in [4.69, 9.17) is 0 Å². The molecule has 0 radical (unpaired) electrons. The molecule has 0 saturated carbocycles. The number of rotatable bonds is 4. The number of pyridine rings is 1. The average molecular weight is 337 g/mol. The quantitative estimate of drug-likeness (QED) is 0.727. The zero-order chi connectivity index (χ0) is 17.2. The summed E-state index contributed by atoms with van der Waals surface area (Å²) in [6.45, 7) is 8.04. The highest BCUT2D eigenvalue weighted by atomic mass is 15.4. The first kappa shape index (κ1) is 15.8. The molecule has 0 N–H and O–H groups in total. The minimum atomic E-state index is 0.680. The maximum atomic E-state index is 4.61. The van der Waals surface area contributed by atoms with Crippen molar-refractivity contribution in [2.75, 3.05) is 36.0 Å². The summed E-state index contributed by atoms with van der Waals surface area (Å²) in [6.07, 6.45) is 5.53. The van der Waals surface area contributed by atoms with Crippen LogP contribution < -0.4 is 9.80 Å². The topological polar surface area (TPSA) is 62.5 Å². The van der Waals surface area contributed by atoms with E-state index in [0.717, 1.165) is 56.4 Å². The molecule has 1 aliphatic heterocycles. The van der Waals surface area contributed by atoms with E-state index in [1.165, 1.54) is 5.56 Å². The first-order valence-electron chi connectivity index (χ1n) is 8.88. The molecule has 0 atom stereocenters. The summed E-state index contributed by atoms with van der Waals surface area (Å²) in [5, 5.41) is 4.43. The van der Waals surface area contributed by atoms with Crippen molar-refractivity contribution in [1.29, 1.82) is 0 Å². The maximum absolute atomic E-state index is 4.61. The van der Waals surface area contributed by atoms with Gasteiger partial charge in [-0.1, -0.05) is 19.4 Å². The second-order valence-corrected chi connectivity index (χ2v) is 6.38. The lowest BCUT2D eigenvalue weighted by molar-refractivity contribution is 0.628. The number of aromatic nitrogens is 5. The molecule has 0 aromatic carbocycles. The number of fused-ring (bicyclic) bond motifs is 1. The highest BCUT2D eigenvalue weighted by Gasteiger charge is 2.24. The Morgan fingerprint density at radius 1 is 1.04 bits per heavy atom. The van der Waals surface area contributed by atoms with Gasteiger partial charge >= 0.3 is 0 Å². The van der Waals surface area contributed by atoms with Crippen LogP contribution in [0, 0.1) is 6.92 Å². The van der Waals surface area contributed by atoms with Crippen molar-refractivity contribution in [3.05, 3.63) is 42.0 Å². The molecule has 0 aliphatic carbocycles. The van der Waals surface area contributed by atoms with E-state index in [1.807, 2.05) is 22.8 Å². The minimum Gasteiger partial charge on any atom is -0.353 e. The third kappa shape index (κ3) is 2.90. The van der Waals surface area contributed by atoms with Gasteiger partial charge in [-0.25, -0.2) is 9.97 Å². The molecule has 3 aromatic rings. The normalized spacial score (nSPS) is 15.1. The molecular weight excluding hydrogens is 314 g/mol. The maximum Gasteiger partial charge on any atom is 0.254 e. The molecule has 0 bridgehead atoms. The van der Waals surface area contributed by atoms with Gasteiger partial charge in [-0.3, -0.25) is 0 Å². The van der Waals surface area contributed by atoms with E-state index in [9.17, 15) is 0 Å². The Hall–Kier alpha value is -2.70.